The number of aromatic amines is 1. The summed E-state index contributed by atoms with van der Waals surface area (Å²) in [5, 5.41) is 14.1. The number of aryl methyl sites for hydroxylation is 1. The van der Waals surface area contributed by atoms with E-state index in [1.54, 1.807) is 17.2 Å². The van der Waals surface area contributed by atoms with E-state index < -0.39 is 20.7 Å². The topological polar surface area (TPSA) is 104 Å². The van der Waals surface area contributed by atoms with Crippen LogP contribution in [0.4, 0.5) is 26.7 Å². The maximum Gasteiger partial charge on any atom is 0.266 e. The van der Waals surface area contributed by atoms with Gasteiger partial charge in [0.2, 0.25) is 5.13 Å². The Hall–Kier alpha value is -3.31. The van der Waals surface area contributed by atoms with Crippen molar-refractivity contribution in [2.75, 3.05) is 9.62 Å². The molecule has 148 valence electrons. The van der Waals surface area contributed by atoms with E-state index in [9.17, 15) is 12.8 Å². The highest BCUT2D eigenvalue weighted by Crippen LogP contribution is 2.35. The lowest BCUT2D eigenvalue weighted by Gasteiger charge is -2.24. The Balaban J connectivity index is 1.75. The zero-order valence-electron chi connectivity index (χ0n) is 15.1. The van der Waals surface area contributed by atoms with Gasteiger partial charge in [0, 0.05) is 11.8 Å². The number of anilines is 4. The number of rotatable bonds is 6. The van der Waals surface area contributed by atoms with E-state index in [0.29, 0.717) is 11.5 Å². The Morgan fingerprint density at radius 2 is 1.97 bits per heavy atom. The van der Waals surface area contributed by atoms with Gasteiger partial charge in [-0.15, -0.1) is 10.2 Å². The fourth-order valence-electron chi connectivity index (χ4n) is 2.80. The van der Waals surface area contributed by atoms with Gasteiger partial charge in [-0.05, 0) is 42.8 Å². The lowest BCUT2D eigenvalue weighted by molar-refractivity contribution is 0.570. The van der Waals surface area contributed by atoms with Gasteiger partial charge in [-0.3, -0.25) is 14.7 Å². The van der Waals surface area contributed by atoms with E-state index in [0.717, 1.165) is 28.7 Å². The van der Waals surface area contributed by atoms with Gasteiger partial charge < -0.3 is 0 Å². The van der Waals surface area contributed by atoms with Crippen LogP contribution in [0, 0.1) is 12.7 Å². The molecular weight excluding hydrogens is 415 g/mol. The van der Waals surface area contributed by atoms with E-state index in [-0.39, 0.29) is 5.13 Å². The maximum atomic E-state index is 14.9. The van der Waals surface area contributed by atoms with Crippen LogP contribution < -0.4 is 9.62 Å². The summed E-state index contributed by atoms with van der Waals surface area (Å²) in [7, 11) is -4.14. The molecule has 0 saturated carbocycles. The molecule has 0 spiro atoms. The van der Waals surface area contributed by atoms with Gasteiger partial charge in [0.1, 0.15) is 22.0 Å². The molecule has 0 aliphatic carbocycles. The van der Waals surface area contributed by atoms with E-state index in [2.05, 4.69) is 25.1 Å². The van der Waals surface area contributed by atoms with E-state index in [1.807, 2.05) is 31.2 Å². The molecule has 0 amide bonds. The van der Waals surface area contributed by atoms with Crippen molar-refractivity contribution in [1.82, 2.24) is 20.4 Å². The number of nitrogens with one attached hydrogen (secondary N) is 2. The number of halogens is 1. The Kier molecular flexibility index (Phi) is 4.99. The van der Waals surface area contributed by atoms with Crippen LogP contribution in [0.25, 0.3) is 0 Å². The Morgan fingerprint density at radius 3 is 2.62 bits per heavy atom. The van der Waals surface area contributed by atoms with Crippen LogP contribution in [0.3, 0.4) is 0 Å². The number of benzene rings is 2. The lowest BCUT2D eigenvalue weighted by Crippen LogP contribution is -2.16. The van der Waals surface area contributed by atoms with E-state index >= 15 is 0 Å². The van der Waals surface area contributed by atoms with Crippen LogP contribution in [0.15, 0.2) is 65.1 Å². The zero-order chi connectivity index (χ0) is 20.4. The van der Waals surface area contributed by atoms with Crippen molar-refractivity contribution in [2.24, 2.45) is 0 Å². The summed E-state index contributed by atoms with van der Waals surface area (Å²) < 4.78 is 42.1. The van der Waals surface area contributed by atoms with Gasteiger partial charge in [-0.25, -0.2) is 12.8 Å². The van der Waals surface area contributed by atoms with Crippen molar-refractivity contribution in [1.29, 1.82) is 0 Å². The minimum atomic E-state index is -4.14. The van der Waals surface area contributed by atoms with Crippen molar-refractivity contribution in [3.63, 3.8) is 0 Å². The quantitative estimate of drug-likeness (QED) is 0.480. The van der Waals surface area contributed by atoms with Crippen LogP contribution in [0.1, 0.15) is 5.56 Å². The first-order chi connectivity index (χ1) is 13.9. The SMILES string of the molecule is Cc1cccc(N(c2ccc(S(=O)(=O)Nc3nncs3)c(F)c2)c2ccn[nH]2)c1. The average Bonchev–Trinajstić information content (AvgIpc) is 3.36. The van der Waals surface area contributed by atoms with Gasteiger partial charge in [-0.2, -0.15) is 5.10 Å². The molecule has 0 aliphatic rings. The van der Waals surface area contributed by atoms with Crippen molar-refractivity contribution >= 4 is 43.7 Å². The number of sulfonamides is 1. The molecule has 2 aromatic heterocycles. The van der Waals surface area contributed by atoms with Gasteiger partial charge >= 0.3 is 0 Å². The van der Waals surface area contributed by atoms with Crippen LogP contribution in [0.2, 0.25) is 0 Å². The molecule has 0 atom stereocenters. The van der Waals surface area contributed by atoms with Crippen LogP contribution >= 0.6 is 11.3 Å². The molecule has 2 N–H and O–H groups in total. The van der Waals surface area contributed by atoms with Crippen molar-refractivity contribution in [3.05, 3.63) is 71.6 Å². The van der Waals surface area contributed by atoms with Gasteiger partial charge in [-0.1, -0.05) is 23.5 Å². The molecule has 0 fully saturated rings. The third-order valence-electron chi connectivity index (χ3n) is 4.03. The molecule has 0 aliphatic heterocycles. The normalized spacial score (nSPS) is 11.4. The van der Waals surface area contributed by atoms with Crippen molar-refractivity contribution in [3.8, 4) is 0 Å². The zero-order valence-corrected chi connectivity index (χ0v) is 16.7. The number of aromatic nitrogens is 4. The third-order valence-corrected chi connectivity index (χ3v) is 6.14. The number of hydrogen-bond acceptors (Lipinski definition) is 7. The first-order valence-corrected chi connectivity index (χ1v) is 10.7. The summed E-state index contributed by atoms with van der Waals surface area (Å²) in [5.74, 6) is -0.283. The average molecular weight is 430 g/mol. The second-order valence-electron chi connectivity index (χ2n) is 6.08. The molecule has 2 aromatic carbocycles. The standard InChI is InChI=1S/C18H15FN6O2S2/c1-12-3-2-4-13(9-12)25(17-7-8-20-22-17)14-5-6-16(15(19)10-14)29(26,27)24-18-23-21-11-28-18/h2-11H,1H3,(H,20,22)(H,23,24). The minimum absolute atomic E-state index is 0.0623. The first-order valence-electron chi connectivity index (χ1n) is 8.39. The van der Waals surface area contributed by atoms with Gasteiger partial charge in [0.25, 0.3) is 10.0 Å². The summed E-state index contributed by atoms with van der Waals surface area (Å²) in [6.45, 7) is 1.95. The van der Waals surface area contributed by atoms with Crippen molar-refractivity contribution < 1.29 is 12.8 Å². The monoisotopic (exact) mass is 430 g/mol. The second kappa shape index (κ2) is 7.60. The number of nitrogens with zero attached hydrogens (tertiary/aromatic N) is 4. The van der Waals surface area contributed by atoms with Crippen LogP contribution in [-0.2, 0) is 10.0 Å². The molecule has 0 bridgehead atoms. The van der Waals surface area contributed by atoms with Crippen molar-refractivity contribution in [2.45, 2.75) is 11.8 Å². The largest absolute Gasteiger partial charge is 0.295 e. The molecule has 0 saturated heterocycles. The molecule has 0 radical (unpaired) electrons. The van der Waals surface area contributed by atoms with Crippen LogP contribution in [0.5, 0.6) is 0 Å². The first kappa shape index (κ1) is 19.0. The molecule has 4 aromatic rings. The summed E-state index contributed by atoms with van der Waals surface area (Å²) in [4.78, 5) is 1.27. The summed E-state index contributed by atoms with van der Waals surface area (Å²) in [5.41, 5.74) is 3.61. The molecule has 29 heavy (non-hydrogen) atoms. The highest BCUT2D eigenvalue weighted by Gasteiger charge is 2.23. The molecule has 11 heteroatoms. The Labute approximate surface area is 170 Å². The highest BCUT2D eigenvalue weighted by atomic mass is 32.2. The molecule has 2 heterocycles. The summed E-state index contributed by atoms with van der Waals surface area (Å²) >= 11 is 1.00. The predicted octanol–water partition coefficient (Wildman–Crippen LogP) is 3.98. The Morgan fingerprint density at radius 1 is 1.14 bits per heavy atom. The fraction of sp³-hybridized carbons (Fsp3) is 0.0556. The molecule has 0 unspecified atom stereocenters. The summed E-state index contributed by atoms with van der Waals surface area (Å²) in [6.07, 6.45) is 1.58. The van der Waals surface area contributed by atoms with Gasteiger partial charge in [0.05, 0.1) is 11.9 Å². The minimum Gasteiger partial charge on any atom is -0.295 e. The Bertz CT molecular complexity index is 1230. The highest BCUT2D eigenvalue weighted by molar-refractivity contribution is 7.93. The van der Waals surface area contributed by atoms with Crippen LogP contribution in [-0.4, -0.2) is 28.8 Å². The molecular formula is C18H15FN6O2S2. The lowest BCUT2D eigenvalue weighted by atomic mass is 10.2. The van der Waals surface area contributed by atoms with Gasteiger partial charge in [0.15, 0.2) is 0 Å². The molecule has 4 rings (SSSR count). The predicted molar refractivity (Wildman–Crippen MR) is 109 cm³/mol. The number of H-pyrrole nitrogens is 1. The smallest absolute Gasteiger partial charge is 0.266 e. The summed E-state index contributed by atoms with van der Waals surface area (Å²) in [6, 6.07) is 13.3. The molecule has 8 nitrogen and oxygen atoms in total. The van der Waals surface area contributed by atoms with E-state index in [4.69, 9.17) is 0 Å². The number of hydrogen-bond donors (Lipinski definition) is 2. The fourth-order valence-corrected chi connectivity index (χ4v) is 4.56. The third kappa shape index (κ3) is 3.96. The second-order valence-corrected chi connectivity index (χ2v) is 8.56. The maximum absolute atomic E-state index is 14.9. The van der Waals surface area contributed by atoms with E-state index in [1.165, 1.54) is 17.6 Å².